The van der Waals surface area contributed by atoms with Crippen LogP contribution in [0.25, 0.3) is 0 Å². The fourth-order valence-corrected chi connectivity index (χ4v) is 2.33. The summed E-state index contributed by atoms with van der Waals surface area (Å²) in [4.78, 5) is 21.2. The van der Waals surface area contributed by atoms with Gasteiger partial charge in [-0.3, -0.25) is 14.9 Å². The lowest BCUT2D eigenvalue weighted by Crippen LogP contribution is -2.31. The van der Waals surface area contributed by atoms with Crippen LogP contribution in [0.15, 0.2) is 22.7 Å². The molecule has 1 atom stereocenters. The first kappa shape index (κ1) is 12.8. The van der Waals surface area contributed by atoms with Crippen molar-refractivity contribution in [3.8, 4) is 0 Å². The molecule has 0 bridgehead atoms. The van der Waals surface area contributed by atoms with Crippen LogP contribution in [0.4, 0.5) is 11.4 Å². The van der Waals surface area contributed by atoms with Crippen LogP contribution >= 0.6 is 15.9 Å². The maximum absolute atomic E-state index is 11.0. The highest BCUT2D eigenvalue weighted by molar-refractivity contribution is 9.10. The van der Waals surface area contributed by atoms with E-state index in [4.69, 9.17) is 0 Å². The van der Waals surface area contributed by atoms with Crippen molar-refractivity contribution in [1.82, 2.24) is 5.32 Å². The number of nitro groups is 1. The van der Waals surface area contributed by atoms with Crippen molar-refractivity contribution in [2.45, 2.75) is 18.9 Å². The fraction of sp³-hybridized carbons (Fsp3) is 0.364. The molecule has 18 heavy (non-hydrogen) atoms. The number of nitro benzene ring substituents is 1. The number of halogens is 1. The van der Waals surface area contributed by atoms with Crippen molar-refractivity contribution in [3.05, 3.63) is 32.8 Å². The van der Waals surface area contributed by atoms with Crippen LogP contribution in [0.3, 0.4) is 0 Å². The highest BCUT2D eigenvalue weighted by atomic mass is 79.9. The molecule has 1 aromatic rings. The third kappa shape index (κ3) is 2.98. The monoisotopic (exact) mass is 313 g/mol. The molecule has 1 aliphatic rings. The number of non-ortho nitro benzene ring substituents is 1. The Morgan fingerprint density at radius 2 is 2.33 bits per heavy atom. The highest BCUT2D eigenvalue weighted by Crippen LogP contribution is 2.27. The molecule has 7 heteroatoms. The van der Waals surface area contributed by atoms with E-state index in [0.29, 0.717) is 17.4 Å². The van der Waals surface area contributed by atoms with E-state index in [1.165, 1.54) is 12.1 Å². The summed E-state index contributed by atoms with van der Waals surface area (Å²) < 4.78 is 0.640. The molecule has 96 valence electrons. The molecule has 0 spiro atoms. The average Bonchev–Trinajstić information content (AvgIpc) is 2.73. The molecule has 1 aromatic carbocycles. The Kier molecular flexibility index (Phi) is 3.81. The number of nitrogens with zero attached hydrogens (tertiary/aromatic N) is 1. The third-order valence-corrected chi connectivity index (χ3v) is 3.44. The number of benzene rings is 1. The van der Waals surface area contributed by atoms with Gasteiger partial charge in [0.2, 0.25) is 5.91 Å². The van der Waals surface area contributed by atoms with Gasteiger partial charge in [0.1, 0.15) is 0 Å². The van der Waals surface area contributed by atoms with Crippen LogP contribution in [0.2, 0.25) is 0 Å². The summed E-state index contributed by atoms with van der Waals surface area (Å²) in [5, 5.41) is 16.6. The predicted octanol–water partition coefficient (Wildman–Crippen LogP) is 2.05. The summed E-state index contributed by atoms with van der Waals surface area (Å²) >= 11 is 3.28. The van der Waals surface area contributed by atoms with Crippen molar-refractivity contribution < 1.29 is 9.72 Å². The topological polar surface area (TPSA) is 84.3 Å². The molecule has 0 radical (unpaired) electrons. The molecule has 6 nitrogen and oxygen atoms in total. The largest absolute Gasteiger partial charge is 0.382 e. The highest BCUT2D eigenvalue weighted by Gasteiger charge is 2.20. The van der Waals surface area contributed by atoms with E-state index in [1.54, 1.807) is 6.07 Å². The van der Waals surface area contributed by atoms with Crippen LogP contribution in [0.1, 0.15) is 12.8 Å². The van der Waals surface area contributed by atoms with Gasteiger partial charge < -0.3 is 10.6 Å². The number of nitrogens with one attached hydrogen (secondary N) is 2. The Balaban J connectivity index is 1.97. The zero-order chi connectivity index (χ0) is 13.1. The molecule has 1 saturated heterocycles. The van der Waals surface area contributed by atoms with Crippen LogP contribution in [0, 0.1) is 10.1 Å². The van der Waals surface area contributed by atoms with Crippen molar-refractivity contribution in [2.24, 2.45) is 0 Å². The van der Waals surface area contributed by atoms with E-state index in [0.717, 1.165) is 12.1 Å². The van der Waals surface area contributed by atoms with E-state index in [-0.39, 0.29) is 17.6 Å². The molecular weight excluding hydrogens is 302 g/mol. The molecule has 1 unspecified atom stereocenters. The number of rotatable bonds is 4. The van der Waals surface area contributed by atoms with Crippen molar-refractivity contribution in [2.75, 3.05) is 11.9 Å². The molecule has 0 aliphatic carbocycles. The summed E-state index contributed by atoms with van der Waals surface area (Å²) in [6.45, 7) is 0.613. The van der Waals surface area contributed by atoms with Gasteiger partial charge in [-0.15, -0.1) is 0 Å². The lowest BCUT2D eigenvalue weighted by atomic mass is 10.2. The van der Waals surface area contributed by atoms with E-state index >= 15 is 0 Å². The summed E-state index contributed by atoms with van der Waals surface area (Å²) in [5.74, 6) is 0.0737. The Labute approximate surface area is 112 Å². The van der Waals surface area contributed by atoms with Crippen molar-refractivity contribution in [3.63, 3.8) is 0 Å². The summed E-state index contributed by atoms with van der Waals surface area (Å²) in [7, 11) is 0. The smallest absolute Gasteiger partial charge is 0.270 e. The quantitative estimate of drug-likeness (QED) is 0.658. The molecular formula is C11H12BrN3O3. The Hall–Kier alpha value is -1.63. The minimum atomic E-state index is -0.439. The zero-order valence-corrected chi connectivity index (χ0v) is 11.1. The summed E-state index contributed by atoms with van der Waals surface area (Å²) in [6, 6.07) is 4.68. The Bertz CT molecular complexity index is 492. The van der Waals surface area contributed by atoms with Crippen LogP contribution in [-0.2, 0) is 4.79 Å². The van der Waals surface area contributed by atoms with E-state index in [1.807, 2.05) is 0 Å². The average molecular weight is 314 g/mol. The fourth-order valence-electron chi connectivity index (χ4n) is 1.82. The van der Waals surface area contributed by atoms with Gasteiger partial charge in [-0.2, -0.15) is 0 Å². The maximum Gasteiger partial charge on any atom is 0.270 e. The lowest BCUT2D eigenvalue weighted by Gasteiger charge is -2.13. The molecule has 1 heterocycles. The van der Waals surface area contributed by atoms with E-state index in [2.05, 4.69) is 26.6 Å². The van der Waals surface area contributed by atoms with Crippen LogP contribution < -0.4 is 10.6 Å². The lowest BCUT2D eigenvalue weighted by molar-refractivity contribution is -0.384. The van der Waals surface area contributed by atoms with Gasteiger partial charge in [0.25, 0.3) is 5.69 Å². The SMILES string of the molecule is O=C1CCC(CNc2ccc([N+](=O)[O-])cc2Br)N1. The first-order valence-electron chi connectivity index (χ1n) is 5.53. The van der Waals surface area contributed by atoms with Gasteiger partial charge in [0.05, 0.1) is 4.92 Å². The molecule has 2 N–H and O–H groups in total. The summed E-state index contributed by atoms with van der Waals surface area (Å²) in [6.07, 6.45) is 1.38. The molecule has 2 rings (SSSR count). The Morgan fingerprint density at radius 3 is 2.89 bits per heavy atom. The van der Waals surface area contributed by atoms with Gasteiger partial charge in [-0.05, 0) is 28.4 Å². The maximum atomic E-state index is 11.0. The van der Waals surface area contributed by atoms with Gasteiger partial charge in [0, 0.05) is 41.3 Å². The Morgan fingerprint density at radius 1 is 1.56 bits per heavy atom. The number of carbonyl (C=O) groups excluding carboxylic acids is 1. The van der Waals surface area contributed by atoms with Gasteiger partial charge in [-0.25, -0.2) is 0 Å². The summed E-state index contributed by atoms with van der Waals surface area (Å²) in [5.41, 5.74) is 0.823. The third-order valence-electron chi connectivity index (χ3n) is 2.79. The van der Waals surface area contributed by atoms with E-state index in [9.17, 15) is 14.9 Å². The second-order valence-corrected chi connectivity index (χ2v) is 4.96. The van der Waals surface area contributed by atoms with Crippen LogP contribution in [-0.4, -0.2) is 23.4 Å². The molecule has 1 amide bonds. The standard InChI is InChI=1S/C11H12BrN3O3/c12-9-5-8(15(17)18)2-3-10(9)13-6-7-1-4-11(16)14-7/h2-3,5,7,13H,1,4,6H2,(H,14,16). The predicted molar refractivity (Wildman–Crippen MR) is 70.5 cm³/mol. The molecule has 0 saturated carbocycles. The second kappa shape index (κ2) is 5.34. The zero-order valence-electron chi connectivity index (χ0n) is 9.48. The molecule has 1 fully saturated rings. The van der Waals surface area contributed by atoms with Crippen molar-refractivity contribution >= 4 is 33.2 Å². The molecule has 1 aliphatic heterocycles. The van der Waals surface area contributed by atoms with Crippen molar-refractivity contribution in [1.29, 1.82) is 0 Å². The number of hydrogen-bond donors (Lipinski definition) is 2. The van der Waals surface area contributed by atoms with E-state index < -0.39 is 4.92 Å². The minimum Gasteiger partial charge on any atom is -0.382 e. The first-order valence-corrected chi connectivity index (χ1v) is 6.33. The number of amides is 1. The molecule has 0 aromatic heterocycles. The second-order valence-electron chi connectivity index (χ2n) is 4.11. The van der Waals surface area contributed by atoms with Gasteiger partial charge in [-0.1, -0.05) is 0 Å². The van der Waals surface area contributed by atoms with Gasteiger partial charge in [0.15, 0.2) is 0 Å². The van der Waals surface area contributed by atoms with Gasteiger partial charge >= 0.3 is 0 Å². The van der Waals surface area contributed by atoms with Crippen LogP contribution in [0.5, 0.6) is 0 Å². The number of hydrogen-bond acceptors (Lipinski definition) is 4. The first-order chi connectivity index (χ1) is 8.56. The number of carbonyl (C=O) groups is 1. The normalized spacial score (nSPS) is 18.5. The minimum absolute atomic E-state index is 0.0431. The number of anilines is 1.